The van der Waals surface area contributed by atoms with Gasteiger partial charge in [-0.3, -0.25) is 19.7 Å². The number of carbonyl (C=O) groups is 2. The average molecular weight is 401 g/mol. The number of nitrogens with one attached hydrogen (secondary N) is 1. The Morgan fingerprint density at radius 3 is 2.45 bits per heavy atom. The zero-order valence-corrected chi connectivity index (χ0v) is 16.5. The van der Waals surface area contributed by atoms with Gasteiger partial charge in [-0.2, -0.15) is 0 Å². The van der Waals surface area contributed by atoms with Crippen molar-refractivity contribution >= 4 is 23.2 Å². The molecule has 1 saturated carbocycles. The molecule has 156 valence electrons. The number of anilines is 1. The maximum absolute atomic E-state index is 12.7. The van der Waals surface area contributed by atoms with Crippen LogP contribution < -0.4 is 10.2 Å². The van der Waals surface area contributed by atoms with Crippen LogP contribution in [0.3, 0.4) is 0 Å². The molecule has 0 radical (unpaired) electrons. The summed E-state index contributed by atoms with van der Waals surface area (Å²) in [4.78, 5) is 42.0. The smallest absolute Gasteiger partial charge is 0.293 e. The molecule has 0 spiro atoms. The van der Waals surface area contributed by atoms with Crippen LogP contribution in [0.2, 0.25) is 0 Å². The lowest BCUT2D eigenvalue weighted by atomic mass is 10.1. The van der Waals surface area contributed by atoms with E-state index in [-0.39, 0.29) is 23.4 Å². The van der Waals surface area contributed by atoms with Crippen molar-refractivity contribution < 1.29 is 14.5 Å². The summed E-state index contributed by atoms with van der Waals surface area (Å²) in [7, 11) is 0. The predicted octanol–water partition coefficient (Wildman–Crippen LogP) is 1.09. The third kappa shape index (κ3) is 4.34. The standard InChI is InChI=1S/C20H27N5O4/c26-19(15-2-3-15)23-9-1-8-22(12-13-23)17-5-4-16(14-18(17)25(28)29)20(27)24-10-6-21-7-11-24/h4-5,14-15,21H,1-3,6-13H2. The van der Waals surface area contributed by atoms with Gasteiger partial charge in [-0.05, 0) is 31.4 Å². The van der Waals surface area contributed by atoms with E-state index in [1.165, 1.54) is 6.07 Å². The Bertz CT molecular complexity index is 804. The molecule has 2 saturated heterocycles. The summed E-state index contributed by atoms with van der Waals surface area (Å²) in [6, 6.07) is 4.77. The third-order valence-corrected chi connectivity index (χ3v) is 5.90. The number of hydrogen-bond donors (Lipinski definition) is 1. The van der Waals surface area contributed by atoms with Crippen molar-refractivity contribution in [1.82, 2.24) is 15.1 Å². The van der Waals surface area contributed by atoms with E-state index in [9.17, 15) is 19.7 Å². The summed E-state index contributed by atoms with van der Waals surface area (Å²) in [5.74, 6) is 0.239. The maximum Gasteiger partial charge on any atom is 0.293 e. The van der Waals surface area contributed by atoms with Crippen LogP contribution in [0.5, 0.6) is 0 Å². The van der Waals surface area contributed by atoms with Gasteiger partial charge in [0.15, 0.2) is 0 Å². The second-order valence-electron chi connectivity index (χ2n) is 7.94. The number of nitrogens with zero attached hydrogens (tertiary/aromatic N) is 4. The van der Waals surface area contributed by atoms with Crippen molar-refractivity contribution in [2.75, 3.05) is 57.3 Å². The Kier molecular flexibility index (Phi) is 5.66. The van der Waals surface area contributed by atoms with Gasteiger partial charge in [-0.1, -0.05) is 0 Å². The van der Waals surface area contributed by atoms with Gasteiger partial charge in [-0.15, -0.1) is 0 Å². The molecule has 4 rings (SSSR count). The highest BCUT2D eigenvalue weighted by molar-refractivity contribution is 5.96. The van der Waals surface area contributed by atoms with Crippen molar-refractivity contribution in [1.29, 1.82) is 0 Å². The summed E-state index contributed by atoms with van der Waals surface area (Å²) in [6.07, 6.45) is 2.73. The number of nitro benzene ring substituents is 1. The maximum atomic E-state index is 12.7. The molecule has 3 fully saturated rings. The number of amides is 2. The summed E-state index contributed by atoms with van der Waals surface area (Å²) >= 11 is 0. The molecule has 1 N–H and O–H groups in total. The molecule has 0 aromatic heterocycles. The van der Waals surface area contributed by atoms with E-state index in [2.05, 4.69) is 5.32 Å². The normalized spacial score (nSPS) is 20.3. The quantitative estimate of drug-likeness (QED) is 0.599. The predicted molar refractivity (Wildman–Crippen MR) is 108 cm³/mol. The minimum atomic E-state index is -0.415. The summed E-state index contributed by atoms with van der Waals surface area (Å²) in [6.45, 7) is 5.15. The van der Waals surface area contributed by atoms with Gasteiger partial charge in [0.05, 0.1) is 4.92 Å². The van der Waals surface area contributed by atoms with Crippen molar-refractivity contribution in [2.45, 2.75) is 19.3 Å². The first-order valence-corrected chi connectivity index (χ1v) is 10.4. The van der Waals surface area contributed by atoms with E-state index < -0.39 is 4.92 Å². The van der Waals surface area contributed by atoms with Gasteiger partial charge in [-0.25, -0.2) is 0 Å². The molecule has 2 amide bonds. The van der Waals surface area contributed by atoms with Crippen LogP contribution in [0.1, 0.15) is 29.6 Å². The Balaban J connectivity index is 1.51. The van der Waals surface area contributed by atoms with Crippen molar-refractivity contribution in [2.24, 2.45) is 5.92 Å². The second-order valence-corrected chi connectivity index (χ2v) is 7.94. The van der Waals surface area contributed by atoms with E-state index in [0.717, 1.165) is 32.4 Å². The molecule has 2 aliphatic heterocycles. The Morgan fingerprint density at radius 2 is 1.76 bits per heavy atom. The van der Waals surface area contributed by atoms with Crippen molar-refractivity contribution in [3.63, 3.8) is 0 Å². The van der Waals surface area contributed by atoms with Crippen molar-refractivity contribution in [3.05, 3.63) is 33.9 Å². The van der Waals surface area contributed by atoms with Gasteiger partial charge in [0.1, 0.15) is 5.69 Å². The third-order valence-electron chi connectivity index (χ3n) is 5.90. The van der Waals surface area contributed by atoms with Crippen LogP contribution in [0.15, 0.2) is 18.2 Å². The van der Waals surface area contributed by atoms with Crippen LogP contribution >= 0.6 is 0 Å². The molecule has 0 bridgehead atoms. The molecule has 1 aromatic carbocycles. The first kappa shape index (κ1) is 19.6. The second kappa shape index (κ2) is 8.36. The summed E-state index contributed by atoms with van der Waals surface area (Å²) in [5.41, 5.74) is 0.822. The fourth-order valence-electron chi connectivity index (χ4n) is 4.09. The fourth-order valence-corrected chi connectivity index (χ4v) is 4.09. The van der Waals surface area contributed by atoms with Crippen LogP contribution in [-0.2, 0) is 4.79 Å². The number of nitro groups is 1. The molecule has 2 heterocycles. The Hall–Kier alpha value is -2.68. The minimum Gasteiger partial charge on any atom is -0.364 e. The number of benzene rings is 1. The molecular weight excluding hydrogens is 374 g/mol. The average Bonchev–Trinajstić information content (AvgIpc) is 3.60. The molecule has 1 aromatic rings. The van der Waals surface area contributed by atoms with Gasteiger partial charge in [0.2, 0.25) is 5.91 Å². The highest BCUT2D eigenvalue weighted by atomic mass is 16.6. The minimum absolute atomic E-state index is 0.0482. The molecule has 3 aliphatic rings. The monoisotopic (exact) mass is 401 g/mol. The number of piperazine rings is 1. The van der Waals surface area contributed by atoms with E-state index in [1.54, 1.807) is 17.0 Å². The van der Waals surface area contributed by atoms with Crippen LogP contribution in [0.25, 0.3) is 0 Å². The Labute approximate surface area is 169 Å². The molecule has 9 nitrogen and oxygen atoms in total. The van der Waals surface area contributed by atoms with Gasteiger partial charge < -0.3 is 20.0 Å². The van der Waals surface area contributed by atoms with Gasteiger partial charge in [0.25, 0.3) is 11.6 Å². The summed E-state index contributed by atoms with van der Waals surface area (Å²) in [5, 5.41) is 14.9. The van der Waals surface area contributed by atoms with E-state index >= 15 is 0 Å². The van der Waals surface area contributed by atoms with E-state index in [0.29, 0.717) is 50.5 Å². The van der Waals surface area contributed by atoms with E-state index in [1.807, 2.05) is 9.80 Å². The lowest BCUT2D eigenvalue weighted by Crippen LogP contribution is -2.46. The lowest BCUT2D eigenvalue weighted by molar-refractivity contribution is -0.384. The first-order chi connectivity index (χ1) is 14.0. The molecule has 0 atom stereocenters. The van der Waals surface area contributed by atoms with Crippen LogP contribution in [0, 0.1) is 16.0 Å². The number of rotatable bonds is 4. The number of carbonyl (C=O) groups excluding carboxylic acids is 2. The zero-order chi connectivity index (χ0) is 20.4. The van der Waals surface area contributed by atoms with Crippen LogP contribution in [0.4, 0.5) is 11.4 Å². The van der Waals surface area contributed by atoms with Crippen LogP contribution in [-0.4, -0.2) is 78.9 Å². The SMILES string of the molecule is O=C(c1ccc(N2CCCN(C(=O)C3CC3)CC2)c([N+](=O)[O-])c1)N1CCNCC1. The molecule has 0 unspecified atom stereocenters. The number of hydrogen-bond acceptors (Lipinski definition) is 6. The van der Waals surface area contributed by atoms with Gasteiger partial charge in [0, 0.05) is 69.9 Å². The molecule has 9 heteroatoms. The van der Waals surface area contributed by atoms with Crippen molar-refractivity contribution in [3.8, 4) is 0 Å². The largest absolute Gasteiger partial charge is 0.364 e. The summed E-state index contributed by atoms with van der Waals surface area (Å²) < 4.78 is 0. The molecule has 1 aliphatic carbocycles. The lowest BCUT2D eigenvalue weighted by Gasteiger charge is -2.28. The first-order valence-electron chi connectivity index (χ1n) is 10.4. The molecular formula is C20H27N5O4. The molecule has 29 heavy (non-hydrogen) atoms. The fraction of sp³-hybridized carbons (Fsp3) is 0.600. The highest BCUT2D eigenvalue weighted by Crippen LogP contribution is 2.33. The van der Waals surface area contributed by atoms with Gasteiger partial charge >= 0.3 is 0 Å². The topological polar surface area (TPSA) is 99.0 Å². The zero-order valence-electron chi connectivity index (χ0n) is 16.5. The highest BCUT2D eigenvalue weighted by Gasteiger charge is 2.34. The Morgan fingerprint density at radius 1 is 1.00 bits per heavy atom. The van der Waals surface area contributed by atoms with E-state index in [4.69, 9.17) is 0 Å².